The summed E-state index contributed by atoms with van der Waals surface area (Å²) in [6.45, 7) is 1.47. The molecule has 1 amide bonds. The minimum absolute atomic E-state index is 0.342. The highest BCUT2D eigenvalue weighted by atomic mass is 16.3. The van der Waals surface area contributed by atoms with Crippen LogP contribution in [0.3, 0.4) is 0 Å². The van der Waals surface area contributed by atoms with Gasteiger partial charge in [0.1, 0.15) is 0 Å². The fraction of sp³-hybridized carbons (Fsp3) is 0.231. The lowest BCUT2D eigenvalue weighted by atomic mass is 10.2. The van der Waals surface area contributed by atoms with Crippen molar-refractivity contribution >= 4 is 5.91 Å². The average molecular weight is 260 g/mol. The van der Waals surface area contributed by atoms with Gasteiger partial charge < -0.3 is 4.42 Å². The molecule has 6 nitrogen and oxygen atoms in total. The van der Waals surface area contributed by atoms with E-state index in [4.69, 9.17) is 10.3 Å². The second-order valence-electron chi connectivity index (χ2n) is 4.32. The van der Waals surface area contributed by atoms with Gasteiger partial charge >= 0.3 is 0 Å². The Morgan fingerprint density at radius 1 is 1.42 bits per heavy atom. The third-order valence-corrected chi connectivity index (χ3v) is 2.68. The maximum Gasteiger partial charge on any atom is 0.266 e. The highest BCUT2D eigenvalue weighted by molar-refractivity contribution is 5.93. The zero-order chi connectivity index (χ0) is 13.7. The second-order valence-corrected chi connectivity index (χ2v) is 4.32. The van der Waals surface area contributed by atoms with Crippen LogP contribution in [0.1, 0.15) is 21.6 Å². The average Bonchev–Trinajstić information content (AvgIpc) is 2.91. The van der Waals surface area contributed by atoms with E-state index in [1.165, 1.54) is 6.20 Å². The number of hydrazine groups is 1. The van der Waals surface area contributed by atoms with Gasteiger partial charge in [-0.1, -0.05) is 0 Å². The van der Waals surface area contributed by atoms with Crippen molar-refractivity contribution in [3.8, 4) is 0 Å². The van der Waals surface area contributed by atoms with Gasteiger partial charge in [0, 0.05) is 24.8 Å². The Morgan fingerprint density at radius 2 is 2.26 bits per heavy atom. The molecular weight excluding hydrogens is 244 g/mol. The Morgan fingerprint density at radius 3 is 2.84 bits per heavy atom. The van der Waals surface area contributed by atoms with E-state index in [-0.39, 0.29) is 5.91 Å². The zero-order valence-corrected chi connectivity index (χ0v) is 10.7. The lowest BCUT2D eigenvalue weighted by Gasteiger charge is -2.15. The van der Waals surface area contributed by atoms with Gasteiger partial charge in [0.2, 0.25) is 0 Å². The van der Waals surface area contributed by atoms with Gasteiger partial charge in [0.25, 0.3) is 5.91 Å². The second kappa shape index (κ2) is 6.12. The summed E-state index contributed by atoms with van der Waals surface area (Å²) in [6, 6.07) is 5.45. The van der Waals surface area contributed by atoms with Gasteiger partial charge in [0.05, 0.1) is 23.8 Å². The molecule has 2 aromatic heterocycles. The highest BCUT2D eigenvalue weighted by Gasteiger charge is 2.06. The molecule has 6 heteroatoms. The first-order valence-electron chi connectivity index (χ1n) is 5.84. The van der Waals surface area contributed by atoms with Crippen molar-refractivity contribution in [3.05, 3.63) is 53.7 Å². The number of amides is 1. The van der Waals surface area contributed by atoms with Crippen molar-refractivity contribution in [1.29, 1.82) is 0 Å². The Kier molecular flexibility index (Phi) is 4.27. The van der Waals surface area contributed by atoms with E-state index in [0.29, 0.717) is 12.1 Å². The van der Waals surface area contributed by atoms with Crippen LogP contribution in [0.25, 0.3) is 0 Å². The van der Waals surface area contributed by atoms with Crippen LogP contribution in [-0.2, 0) is 13.1 Å². The van der Waals surface area contributed by atoms with Crippen molar-refractivity contribution in [1.82, 2.24) is 15.3 Å². The maximum absolute atomic E-state index is 11.3. The zero-order valence-electron chi connectivity index (χ0n) is 10.7. The summed E-state index contributed by atoms with van der Waals surface area (Å²) < 4.78 is 5.02. The van der Waals surface area contributed by atoms with Gasteiger partial charge in [0.15, 0.2) is 0 Å². The number of nitrogens with one attached hydrogen (secondary N) is 1. The van der Waals surface area contributed by atoms with Crippen molar-refractivity contribution in [2.45, 2.75) is 13.1 Å². The summed E-state index contributed by atoms with van der Waals surface area (Å²) in [6.07, 6.45) is 4.89. The SMILES string of the molecule is CN(Cc1ccoc1)Cc1ccc(C(=O)NN)cn1. The molecule has 0 aliphatic rings. The number of rotatable bonds is 5. The van der Waals surface area contributed by atoms with E-state index in [0.717, 1.165) is 17.8 Å². The molecule has 0 unspecified atom stereocenters. The Bertz CT molecular complexity index is 522. The monoisotopic (exact) mass is 260 g/mol. The Labute approximate surface area is 111 Å². The van der Waals surface area contributed by atoms with Crippen LogP contribution in [0.2, 0.25) is 0 Å². The molecule has 0 spiro atoms. The normalized spacial score (nSPS) is 10.7. The number of carbonyl (C=O) groups excluding carboxylic acids is 1. The largest absolute Gasteiger partial charge is 0.472 e. The lowest BCUT2D eigenvalue weighted by molar-refractivity contribution is 0.0953. The predicted molar refractivity (Wildman–Crippen MR) is 69.8 cm³/mol. The van der Waals surface area contributed by atoms with Crippen LogP contribution in [-0.4, -0.2) is 22.8 Å². The highest BCUT2D eigenvalue weighted by Crippen LogP contribution is 2.07. The van der Waals surface area contributed by atoms with Crippen LogP contribution in [0.4, 0.5) is 0 Å². The molecule has 0 bridgehead atoms. The third kappa shape index (κ3) is 3.64. The standard InChI is InChI=1S/C13H16N4O2/c1-17(7-10-4-5-19-9-10)8-12-3-2-11(6-15-12)13(18)16-14/h2-6,9H,7-8,14H2,1H3,(H,16,18). The Hall–Kier alpha value is -2.18. The van der Waals surface area contributed by atoms with Gasteiger partial charge in [-0.15, -0.1) is 0 Å². The minimum atomic E-state index is -0.342. The molecule has 0 fully saturated rings. The summed E-state index contributed by atoms with van der Waals surface area (Å²) in [5.74, 6) is 4.71. The number of aromatic nitrogens is 1. The van der Waals surface area contributed by atoms with Crippen molar-refractivity contribution in [2.75, 3.05) is 7.05 Å². The van der Waals surface area contributed by atoms with Crippen LogP contribution in [0, 0.1) is 0 Å². The first kappa shape index (κ1) is 13.3. The van der Waals surface area contributed by atoms with Crippen LogP contribution < -0.4 is 11.3 Å². The minimum Gasteiger partial charge on any atom is -0.472 e. The van der Waals surface area contributed by atoms with Crippen LogP contribution in [0.5, 0.6) is 0 Å². The van der Waals surface area contributed by atoms with E-state index in [2.05, 4.69) is 15.3 Å². The molecule has 100 valence electrons. The van der Waals surface area contributed by atoms with Crippen molar-refractivity contribution in [3.63, 3.8) is 0 Å². The molecule has 0 saturated carbocycles. The smallest absolute Gasteiger partial charge is 0.266 e. The van der Waals surface area contributed by atoms with E-state index in [1.54, 1.807) is 18.6 Å². The van der Waals surface area contributed by atoms with Gasteiger partial charge in [-0.05, 0) is 25.2 Å². The maximum atomic E-state index is 11.3. The molecule has 0 aliphatic carbocycles. The number of furan rings is 1. The number of nitrogens with zero attached hydrogens (tertiary/aromatic N) is 2. The predicted octanol–water partition coefficient (Wildman–Crippen LogP) is 0.910. The summed E-state index contributed by atoms with van der Waals surface area (Å²) in [5.41, 5.74) is 4.52. The molecule has 0 aromatic carbocycles. The fourth-order valence-corrected chi connectivity index (χ4v) is 1.76. The van der Waals surface area contributed by atoms with Crippen LogP contribution >= 0.6 is 0 Å². The number of carbonyl (C=O) groups is 1. The van der Waals surface area contributed by atoms with Crippen LogP contribution in [0.15, 0.2) is 41.3 Å². The van der Waals surface area contributed by atoms with Crippen molar-refractivity contribution < 1.29 is 9.21 Å². The lowest BCUT2D eigenvalue weighted by Crippen LogP contribution is -2.30. The molecule has 2 aromatic rings. The molecule has 0 atom stereocenters. The molecule has 0 aliphatic heterocycles. The summed E-state index contributed by atoms with van der Waals surface area (Å²) in [5, 5.41) is 0. The van der Waals surface area contributed by atoms with E-state index >= 15 is 0 Å². The van der Waals surface area contributed by atoms with Gasteiger partial charge in [-0.2, -0.15) is 0 Å². The third-order valence-electron chi connectivity index (χ3n) is 2.68. The molecule has 19 heavy (non-hydrogen) atoms. The van der Waals surface area contributed by atoms with Gasteiger partial charge in [-0.3, -0.25) is 20.1 Å². The van der Waals surface area contributed by atoms with E-state index in [9.17, 15) is 4.79 Å². The number of pyridine rings is 1. The van der Waals surface area contributed by atoms with E-state index < -0.39 is 0 Å². The number of hydrogen-bond donors (Lipinski definition) is 2. The molecule has 2 heterocycles. The quantitative estimate of drug-likeness (QED) is 0.474. The first-order valence-corrected chi connectivity index (χ1v) is 5.84. The van der Waals surface area contributed by atoms with E-state index in [1.807, 2.05) is 19.2 Å². The molecule has 2 rings (SSSR count). The molecule has 0 radical (unpaired) electrons. The number of hydrogen-bond acceptors (Lipinski definition) is 5. The topological polar surface area (TPSA) is 84.4 Å². The molecular formula is C13H16N4O2. The number of nitrogens with two attached hydrogens (primary N) is 1. The summed E-state index contributed by atoms with van der Waals surface area (Å²) >= 11 is 0. The first-order chi connectivity index (χ1) is 9.19. The number of nitrogen functional groups attached to an aromatic ring is 1. The fourth-order valence-electron chi connectivity index (χ4n) is 1.76. The van der Waals surface area contributed by atoms with Crippen molar-refractivity contribution in [2.24, 2.45) is 5.84 Å². The molecule has 0 saturated heterocycles. The Balaban J connectivity index is 1.93. The summed E-state index contributed by atoms with van der Waals surface area (Å²) in [7, 11) is 2.00. The molecule has 3 N–H and O–H groups in total. The summed E-state index contributed by atoms with van der Waals surface area (Å²) in [4.78, 5) is 17.6. The van der Waals surface area contributed by atoms with Gasteiger partial charge in [-0.25, -0.2) is 5.84 Å².